The SMILES string of the molecule is CC.CCC1C2C3C=CC(C3)C2CC2C3CC(C4CCCCC43)C21. The maximum absolute atomic E-state index is 2.63. The molecule has 0 heterocycles. The van der Waals surface area contributed by atoms with Gasteiger partial charge in [0.1, 0.15) is 0 Å². The Balaban J connectivity index is 0.000000632. The van der Waals surface area contributed by atoms with E-state index >= 15 is 0 Å². The monoisotopic (exact) mass is 326 g/mol. The first-order valence-corrected chi connectivity index (χ1v) is 11.5. The Morgan fingerprint density at radius 1 is 0.667 bits per heavy atom. The highest BCUT2D eigenvalue weighted by Crippen LogP contribution is 2.71. The fourth-order valence-corrected chi connectivity index (χ4v) is 9.46. The standard InChI is InChI=1S/C22H32.C2H6/c1-2-14-21-13-8-7-12(9-13)17(21)10-20-18-11-19(22(14)20)16-6-4-3-5-15(16)18;1-2/h7-8,12-22H,2-6,9-11H2,1H3;1-2H3. The molecule has 24 heavy (non-hydrogen) atoms. The van der Waals surface area contributed by atoms with Crippen molar-refractivity contribution in [2.45, 2.75) is 72.1 Å². The Morgan fingerprint density at radius 2 is 1.29 bits per heavy atom. The number of rotatable bonds is 1. The average Bonchev–Trinajstić information content (AvgIpc) is 3.40. The number of hydrogen-bond acceptors (Lipinski definition) is 0. The van der Waals surface area contributed by atoms with Gasteiger partial charge in [0.15, 0.2) is 0 Å². The van der Waals surface area contributed by atoms with Crippen molar-refractivity contribution in [3.05, 3.63) is 12.2 Å². The first-order valence-electron chi connectivity index (χ1n) is 11.5. The van der Waals surface area contributed by atoms with Gasteiger partial charge < -0.3 is 0 Å². The van der Waals surface area contributed by atoms with Crippen LogP contribution in [0.1, 0.15) is 72.1 Å². The molecular formula is C24H38. The molecule has 0 N–H and O–H groups in total. The van der Waals surface area contributed by atoms with Crippen LogP contribution in [0.4, 0.5) is 0 Å². The molecule has 4 bridgehead atoms. The molecule has 0 amide bonds. The van der Waals surface area contributed by atoms with Crippen LogP contribution in [-0.2, 0) is 0 Å². The van der Waals surface area contributed by atoms with Crippen LogP contribution in [0.15, 0.2) is 12.2 Å². The third-order valence-corrected chi connectivity index (χ3v) is 9.75. The van der Waals surface area contributed by atoms with Crippen molar-refractivity contribution >= 4 is 0 Å². The van der Waals surface area contributed by atoms with E-state index in [1.165, 1.54) is 30.6 Å². The summed E-state index contributed by atoms with van der Waals surface area (Å²) < 4.78 is 0. The van der Waals surface area contributed by atoms with Crippen molar-refractivity contribution in [3.8, 4) is 0 Å². The van der Waals surface area contributed by atoms with Gasteiger partial charge in [-0.1, -0.05) is 52.2 Å². The van der Waals surface area contributed by atoms with Gasteiger partial charge in [0.05, 0.1) is 0 Å². The van der Waals surface area contributed by atoms with Crippen LogP contribution in [0, 0.1) is 65.1 Å². The van der Waals surface area contributed by atoms with Gasteiger partial charge in [-0.05, 0) is 97.2 Å². The van der Waals surface area contributed by atoms with E-state index in [0.29, 0.717) is 0 Å². The Kier molecular flexibility index (Phi) is 3.91. The van der Waals surface area contributed by atoms with Crippen LogP contribution in [0.2, 0.25) is 0 Å². The van der Waals surface area contributed by atoms with E-state index in [4.69, 9.17) is 0 Å². The van der Waals surface area contributed by atoms with E-state index in [1.54, 1.807) is 38.5 Å². The van der Waals surface area contributed by atoms with Crippen LogP contribution < -0.4 is 0 Å². The summed E-state index contributed by atoms with van der Waals surface area (Å²) in [4.78, 5) is 0. The maximum atomic E-state index is 2.63. The molecule has 0 aromatic heterocycles. The summed E-state index contributed by atoms with van der Waals surface area (Å²) in [5, 5.41) is 0. The first kappa shape index (κ1) is 16.0. The second kappa shape index (κ2) is 5.88. The lowest BCUT2D eigenvalue weighted by molar-refractivity contribution is -0.0506. The Bertz CT molecular complexity index is 504. The first-order chi connectivity index (χ1) is 11.9. The minimum absolute atomic E-state index is 0.988. The van der Waals surface area contributed by atoms with Crippen LogP contribution in [0.25, 0.3) is 0 Å². The van der Waals surface area contributed by atoms with Gasteiger partial charge in [-0.15, -0.1) is 0 Å². The molecule has 5 fully saturated rings. The molecule has 5 saturated carbocycles. The highest BCUT2D eigenvalue weighted by atomic mass is 14.7. The molecule has 0 aromatic carbocycles. The maximum Gasteiger partial charge on any atom is -0.0194 e. The highest BCUT2D eigenvalue weighted by Gasteiger charge is 2.64. The Labute approximate surface area is 149 Å². The molecule has 0 heteroatoms. The topological polar surface area (TPSA) is 0 Å². The Morgan fingerprint density at radius 3 is 2.04 bits per heavy atom. The van der Waals surface area contributed by atoms with E-state index in [2.05, 4.69) is 19.1 Å². The minimum atomic E-state index is 0.988. The zero-order chi connectivity index (χ0) is 16.4. The fourth-order valence-electron chi connectivity index (χ4n) is 9.46. The van der Waals surface area contributed by atoms with Gasteiger partial charge in [0.25, 0.3) is 0 Å². The van der Waals surface area contributed by atoms with Gasteiger partial charge in [0, 0.05) is 0 Å². The van der Waals surface area contributed by atoms with Gasteiger partial charge in [0.2, 0.25) is 0 Å². The molecule has 0 spiro atoms. The molecule has 11 atom stereocenters. The molecule has 0 radical (unpaired) electrons. The average molecular weight is 327 g/mol. The summed E-state index contributed by atoms with van der Waals surface area (Å²) in [6, 6.07) is 0. The summed E-state index contributed by atoms with van der Waals surface area (Å²) in [7, 11) is 0. The number of hydrogen-bond donors (Lipinski definition) is 0. The lowest BCUT2D eigenvalue weighted by atomic mass is 9.51. The van der Waals surface area contributed by atoms with E-state index in [0.717, 1.165) is 47.3 Å². The van der Waals surface area contributed by atoms with E-state index in [1.807, 2.05) is 13.8 Å². The minimum Gasteiger partial charge on any atom is -0.0848 e. The highest BCUT2D eigenvalue weighted by molar-refractivity contribution is 5.20. The summed E-state index contributed by atoms with van der Waals surface area (Å²) >= 11 is 0. The predicted molar refractivity (Wildman–Crippen MR) is 101 cm³/mol. The van der Waals surface area contributed by atoms with Crippen molar-refractivity contribution in [1.82, 2.24) is 0 Å². The van der Waals surface area contributed by atoms with Crippen molar-refractivity contribution < 1.29 is 0 Å². The summed E-state index contributed by atoms with van der Waals surface area (Å²) in [5.74, 6) is 12.3. The quantitative estimate of drug-likeness (QED) is 0.478. The fraction of sp³-hybridized carbons (Fsp3) is 0.917. The third-order valence-electron chi connectivity index (χ3n) is 9.75. The van der Waals surface area contributed by atoms with E-state index in [9.17, 15) is 0 Å². The van der Waals surface area contributed by atoms with Gasteiger partial charge >= 0.3 is 0 Å². The van der Waals surface area contributed by atoms with Crippen molar-refractivity contribution in [1.29, 1.82) is 0 Å². The van der Waals surface area contributed by atoms with E-state index in [-0.39, 0.29) is 0 Å². The molecule has 0 aliphatic heterocycles. The van der Waals surface area contributed by atoms with Gasteiger partial charge in [-0.3, -0.25) is 0 Å². The molecule has 0 nitrogen and oxygen atoms in total. The lowest BCUT2D eigenvalue weighted by Gasteiger charge is -2.54. The van der Waals surface area contributed by atoms with Crippen molar-refractivity contribution in [2.24, 2.45) is 65.1 Å². The molecule has 6 aliphatic carbocycles. The lowest BCUT2D eigenvalue weighted by Crippen LogP contribution is -2.48. The van der Waals surface area contributed by atoms with Crippen molar-refractivity contribution in [3.63, 3.8) is 0 Å². The molecule has 0 aromatic rings. The predicted octanol–water partition coefficient (Wildman–Crippen LogP) is 6.57. The zero-order valence-corrected chi connectivity index (χ0v) is 16.2. The second-order valence-electron chi connectivity index (χ2n) is 9.91. The Hall–Kier alpha value is -0.260. The third kappa shape index (κ3) is 1.92. The largest absolute Gasteiger partial charge is 0.0848 e. The molecule has 134 valence electrons. The van der Waals surface area contributed by atoms with Crippen LogP contribution >= 0.6 is 0 Å². The summed E-state index contributed by atoms with van der Waals surface area (Å²) in [6.45, 7) is 6.53. The van der Waals surface area contributed by atoms with Crippen LogP contribution in [0.3, 0.4) is 0 Å². The second-order valence-corrected chi connectivity index (χ2v) is 9.91. The molecule has 0 saturated heterocycles. The number of fused-ring (bicyclic) bond motifs is 13. The smallest absolute Gasteiger partial charge is 0.0194 e. The van der Waals surface area contributed by atoms with Crippen LogP contribution in [-0.4, -0.2) is 0 Å². The van der Waals surface area contributed by atoms with Gasteiger partial charge in [-0.2, -0.15) is 0 Å². The summed E-state index contributed by atoms with van der Waals surface area (Å²) in [6.07, 6.45) is 17.9. The van der Waals surface area contributed by atoms with E-state index < -0.39 is 0 Å². The molecular weight excluding hydrogens is 288 g/mol. The molecule has 6 aliphatic rings. The molecule has 6 rings (SSSR count). The number of allylic oxidation sites excluding steroid dienone is 2. The van der Waals surface area contributed by atoms with Gasteiger partial charge in [-0.25, -0.2) is 0 Å². The zero-order valence-electron chi connectivity index (χ0n) is 16.2. The van der Waals surface area contributed by atoms with Crippen molar-refractivity contribution in [2.75, 3.05) is 0 Å². The van der Waals surface area contributed by atoms with Crippen LogP contribution in [0.5, 0.6) is 0 Å². The normalized spacial score (nSPS) is 58.7. The molecule has 11 unspecified atom stereocenters. The summed E-state index contributed by atoms with van der Waals surface area (Å²) in [5.41, 5.74) is 0.